The lowest BCUT2D eigenvalue weighted by Gasteiger charge is -2.42. The van der Waals surface area contributed by atoms with Crippen molar-refractivity contribution in [2.45, 2.75) is 37.2 Å². The predicted molar refractivity (Wildman–Crippen MR) is 58.6 cm³/mol. The lowest BCUT2D eigenvalue weighted by atomic mass is 9.96. The SMILES string of the molecule is COC(=O)[C@H](O)[C@H]1OC(=O)[C@H]2C[C@@H](O)CCN2C1=O. The minimum Gasteiger partial charge on any atom is -0.467 e. The number of morpholine rings is 1. The molecule has 2 rings (SSSR count). The molecule has 0 aromatic carbocycles. The number of esters is 2. The summed E-state index contributed by atoms with van der Waals surface area (Å²) in [4.78, 5) is 36.3. The summed E-state index contributed by atoms with van der Waals surface area (Å²) in [5.41, 5.74) is 0. The van der Waals surface area contributed by atoms with E-state index in [4.69, 9.17) is 4.74 Å². The molecule has 8 heteroatoms. The second-order valence-electron chi connectivity index (χ2n) is 4.55. The van der Waals surface area contributed by atoms with E-state index in [1.807, 2.05) is 0 Å². The summed E-state index contributed by atoms with van der Waals surface area (Å²) in [5, 5.41) is 19.1. The maximum absolute atomic E-state index is 12.1. The number of carbonyl (C=O) groups excluding carboxylic acids is 3. The Hall–Kier alpha value is -1.67. The third-order valence-electron chi connectivity index (χ3n) is 3.35. The fourth-order valence-corrected chi connectivity index (χ4v) is 2.30. The van der Waals surface area contributed by atoms with Gasteiger partial charge in [0.15, 0.2) is 6.10 Å². The van der Waals surface area contributed by atoms with Gasteiger partial charge in [-0.25, -0.2) is 9.59 Å². The van der Waals surface area contributed by atoms with Crippen molar-refractivity contribution in [1.82, 2.24) is 4.90 Å². The third-order valence-corrected chi connectivity index (χ3v) is 3.35. The highest BCUT2D eigenvalue weighted by atomic mass is 16.6. The van der Waals surface area contributed by atoms with Crippen molar-refractivity contribution in [3.63, 3.8) is 0 Å². The number of rotatable bonds is 2. The molecular formula is C11H15NO7. The maximum atomic E-state index is 12.1. The molecule has 19 heavy (non-hydrogen) atoms. The average Bonchev–Trinajstić information content (AvgIpc) is 2.41. The number of aliphatic hydroxyl groups is 2. The van der Waals surface area contributed by atoms with E-state index in [1.54, 1.807) is 0 Å². The van der Waals surface area contributed by atoms with Crippen LogP contribution in [0.4, 0.5) is 0 Å². The van der Waals surface area contributed by atoms with Crippen molar-refractivity contribution in [3.8, 4) is 0 Å². The molecule has 1 amide bonds. The topological polar surface area (TPSA) is 113 Å². The lowest BCUT2D eigenvalue weighted by molar-refractivity contribution is -0.194. The molecule has 2 fully saturated rings. The molecule has 2 N–H and O–H groups in total. The van der Waals surface area contributed by atoms with Gasteiger partial charge in [-0.2, -0.15) is 0 Å². The van der Waals surface area contributed by atoms with Gasteiger partial charge in [0.1, 0.15) is 6.04 Å². The van der Waals surface area contributed by atoms with Gasteiger partial charge in [0.2, 0.25) is 6.10 Å². The number of cyclic esters (lactones) is 1. The van der Waals surface area contributed by atoms with Crippen LogP contribution in [-0.4, -0.2) is 71.0 Å². The number of piperidine rings is 1. The molecule has 4 atom stereocenters. The van der Waals surface area contributed by atoms with Crippen LogP contribution in [0.5, 0.6) is 0 Å². The molecule has 0 aliphatic carbocycles. The summed E-state index contributed by atoms with van der Waals surface area (Å²) < 4.78 is 9.12. The van der Waals surface area contributed by atoms with Crippen LogP contribution in [0.3, 0.4) is 0 Å². The van der Waals surface area contributed by atoms with Gasteiger partial charge < -0.3 is 24.6 Å². The number of ether oxygens (including phenoxy) is 2. The van der Waals surface area contributed by atoms with Crippen LogP contribution in [-0.2, 0) is 23.9 Å². The highest BCUT2D eigenvalue weighted by molar-refractivity contribution is 5.96. The van der Waals surface area contributed by atoms with E-state index in [0.717, 1.165) is 7.11 Å². The zero-order chi connectivity index (χ0) is 14.2. The highest BCUT2D eigenvalue weighted by Gasteiger charge is 2.49. The fraction of sp³-hybridized carbons (Fsp3) is 0.727. The van der Waals surface area contributed by atoms with Crippen LogP contribution >= 0.6 is 0 Å². The van der Waals surface area contributed by atoms with Crippen LogP contribution < -0.4 is 0 Å². The van der Waals surface area contributed by atoms with E-state index < -0.39 is 42.2 Å². The number of aliphatic hydroxyl groups excluding tert-OH is 2. The van der Waals surface area contributed by atoms with Crippen molar-refractivity contribution in [2.24, 2.45) is 0 Å². The van der Waals surface area contributed by atoms with E-state index in [1.165, 1.54) is 4.90 Å². The summed E-state index contributed by atoms with van der Waals surface area (Å²) >= 11 is 0. The van der Waals surface area contributed by atoms with Crippen molar-refractivity contribution in [3.05, 3.63) is 0 Å². The molecule has 2 heterocycles. The minimum absolute atomic E-state index is 0.103. The van der Waals surface area contributed by atoms with Gasteiger partial charge in [-0.3, -0.25) is 4.79 Å². The summed E-state index contributed by atoms with van der Waals surface area (Å²) in [6.07, 6.45) is -3.63. The second kappa shape index (κ2) is 5.14. The molecule has 8 nitrogen and oxygen atoms in total. The largest absolute Gasteiger partial charge is 0.467 e. The number of hydrogen-bond donors (Lipinski definition) is 2. The number of amides is 1. The molecule has 0 spiro atoms. The van der Waals surface area contributed by atoms with Crippen molar-refractivity contribution < 1.29 is 34.1 Å². The first kappa shape index (κ1) is 13.8. The Morgan fingerprint density at radius 3 is 2.84 bits per heavy atom. The summed E-state index contributed by atoms with van der Waals surface area (Å²) in [6, 6.07) is -0.850. The zero-order valence-electron chi connectivity index (χ0n) is 10.3. The second-order valence-corrected chi connectivity index (χ2v) is 4.55. The fourth-order valence-electron chi connectivity index (χ4n) is 2.30. The van der Waals surface area contributed by atoms with Gasteiger partial charge in [-0.05, 0) is 6.42 Å². The Morgan fingerprint density at radius 1 is 1.53 bits per heavy atom. The third kappa shape index (κ3) is 2.41. The van der Waals surface area contributed by atoms with Gasteiger partial charge >= 0.3 is 11.9 Å². The van der Waals surface area contributed by atoms with Crippen LogP contribution in [0.2, 0.25) is 0 Å². The molecule has 0 aromatic rings. The van der Waals surface area contributed by atoms with Gasteiger partial charge in [-0.15, -0.1) is 0 Å². The van der Waals surface area contributed by atoms with E-state index in [2.05, 4.69) is 4.74 Å². The zero-order valence-corrected chi connectivity index (χ0v) is 10.3. The Kier molecular flexibility index (Phi) is 3.72. The molecule has 0 aromatic heterocycles. The van der Waals surface area contributed by atoms with E-state index in [-0.39, 0.29) is 13.0 Å². The first-order valence-corrected chi connectivity index (χ1v) is 5.90. The lowest BCUT2D eigenvalue weighted by Crippen LogP contribution is -2.63. The molecule has 2 saturated heterocycles. The number of nitrogens with zero attached hydrogens (tertiary/aromatic N) is 1. The molecule has 0 bridgehead atoms. The summed E-state index contributed by atoms with van der Waals surface area (Å²) in [6.45, 7) is 0.185. The van der Waals surface area contributed by atoms with Crippen LogP contribution in [0.1, 0.15) is 12.8 Å². The monoisotopic (exact) mass is 273 g/mol. The van der Waals surface area contributed by atoms with Gasteiger partial charge in [-0.1, -0.05) is 0 Å². The highest BCUT2D eigenvalue weighted by Crippen LogP contribution is 2.26. The molecule has 106 valence electrons. The number of fused-ring (bicyclic) bond motifs is 1. The van der Waals surface area contributed by atoms with Gasteiger partial charge in [0.05, 0.1) is 13.2 Å². The first-order chi connectivity index (χ1) is 8.95. The van der Waals surface area contributed by atoms with Crippen molar-refractivity contribution in [2.75, 3.05) is 13.7 Å². The normalized spacial score (nSPS) is 32.4. The van der Waals surface area contributed by atoms with E-state index in [9.17, 15) is 24.6 Å². The quantitative estimate of drug-likeness (QED) is 0.549. The van der Waals surface area contributed by atoms with Crippen LogP contribution in [0, 0.1) is 0 Å². The molecule has 2 aliphatic heterocycles. The average molecular weight is 273 g/mol. The standard InChI is InChI=1S/C11H15NO7/c1-18-11(17)7(14)8-9(15)12-3-2-5(13)4-6(12)10(16)19-8/h5-8,13-14H,2-4H2,1H3/t5-,6+,7+,8+/m0/s1. The smallest absolute Gasteiger partial charge is 0.339 e. The Balaban J connectivity index is 2.16. The van der Waals surface area contributed by atoms with E-state index in [0.29, 0.717) is 6.42 Å². The van der Waals surface area contributed by atoms with Crippen molar-refractivity contribution >= 4 is 17.8 Å². The molecule has 0 saturated carbocycles. The maximum Gasteiger partial charge on any atom is 0.339 e. The Morgan fingerprint density at radius 2 is 2.21 bits per heavy atom. The Labute approximate surface area is 108 Å². The Bertz CT molecular complexity index is 410. The predicted octanol–water partition coefficient (Wildman–Crippen LogP) is -2.20. The van der Waals surface area contributed by atoms with Gasteiger partial charge in [0.25, 0.3) is 5.91 Å². The van der Waals surface area contributed by atoms with Gasteiger partial charge in [0, 0.05) is 13.0 Å². The van der Waals surface area contributed by atoms with Crippen LogP contribution in [0.25, 0.3) is 0 Å². The van der Waals surface area contributed by atoms with Crippen LogP contribution in [0.15, 0.2) is 0 Å². The summed E-state index contributed by atoms with van der Waals surface area (Å²) in [5.74, 6) is -2.41. The van der Waals surface area contributed by atoms with E-state index >= 15 is 0 Å². The number of carbonyl (C=O) groups is 3. The first-order valence-electron chi connectivity index (χ1n) is 5.90. The number of hydrogen-bond acceptors (Lipinski definition) is 7. The number of methoxy groups -OCH3 is 1. The minimum atomic E-state index is -1.84. The molecule has 0 radical (unpaired) electrons. The molecule has 2 aliphatic rings. The summed E-state index contributed by atoms with van der Waals surface area (Å²) in [7, 11) is 1.06. The molecule has 0 unspecified atom stereocenters. The molecular weight excluding hydrogens is 258 g/mol. The van der Waals surface area contributed by atoms with Crippen molar-refractivity contribution in [1.29, 1.82) is 0 Å².